The van der Waals surface area contributed by atoms with Crippen LogP contribution in [0.25, 0.3) is 0 Å². The molecule has 3 rings (SSSR count). The highest BCUT2D eigenvalue weighted by atomic mass is 32.2. The van der Waals surface area contributed by atoms with Crippen molar-refractivity contribution in [1.29, 1.82) is 0 Å². The fourth-order valence-corrected chi connectivity index (χ4v) is 5.16. The minimum Gasteiger partial charge on any atom is -0.298 e. The zero-order valence-electron chi connectivity index (χ0n) is 17.0. The molecule has 1 aliphatic rings. The summed E-state index contributed by atoms with van der Waals surface area (Å²) >= 11 is 0. The molecular weight excluding hydrogens is 366 g/mol. The lowest BCUT2D eigenvalue weighted by Gasteiger charge is -2.05. The van der Waals surface area contributed by atoms with Crippen molar-refractivity contribution in [2.75, 3.05) is 0 Å². The number of rotatable bonds is 11. The summed E-state index contributed by atoms with van der Waals surface area (Å²) in [5.74, 6) is 0.227. The molecule has 4 heteroatoms. The second-order valence-corrected chi connectivity index (χ2v) is 9.10. The first-order chi connectivity index (χ1) is 13.6. The van der Waals surface area contributed by atoms with Gasteiger partial charge in [-0.15, -0.1) is 0 Å². The number of hydrogen-bond donors (Lipinski definition) is 0. The molecule has 150 valence electrons. The van der Waals surface area contributed by atoms with E-state index in [1.54, 1.807) is 0 Å². The number of nitrogens with zero attached hydrogens (tertiary/aromatic N) is 1. The molecule has 0 bridgehead atoms. The Balaban J connectivity index is 1.66. The Bertz CT molecular complexity index is 788. The summed E-state index contributed by atoms with van der Waals surface area (Å²) in [4.78, 5) is 13.7. The highest BCUT2D eigenvalue weighted by Gasteiger charge is 2.56. The molecule has 0 aliphatic carbocycles. The van der Waals surface area contributed by atoms with Gasteiger partial charge in [-0.1, -0.05) is 87.1 Å². The molecule has 0 aromatic heterocycles. The Morgan fingerprint density at radius 3 is 2.25 bits per heavy atom. The highest BCUT2D eigenvalue weighted by molar-refractivity contribution is 7.83. The summed E-state index contributed by atoms with van der Waals surface area (Å²) in [6.45, 7) is 4.23. The maximum absolute atomic E-state index is 13.1. The van der Waals surface area contributed by atoms with Crippen molar-refractivity contribution in [2.45, 2.75) is 75.8 Å². The zero-order chi connectivity index (χ0) is 19.9. The van der Waals surface area contributed by atoms with Crippen LogP contribution in [0.4, 0.5) is 0 Å². The van der Waals surface area contributed by atoms with Crippen LogP contribution in [0.15, 0.2) is 59.5 Å². The van der Waals surface area contributed by atoms with Crippen LogP contribution >= 0.6 is 0 Å². The fraction of sp³-hybridized carbons (Fsp3) is 0.458. The van der Waals surface area contributed by atoms with Gasteiger partial charge in [0.05, 0.1) is 10.9 Å². The van der Waals surface area contributed by atoms with E-state index < -0.39 is 11.0 Å². The number of carbonyl (C=O) groups is 1. The molecule has 1 aliphatic heterocycles. The minimum atomic E-state index is -1.31. The van der Waals surface area contributed by atoms with Crippen molar-refractivity contribution in [3.05, 3.63) is 65.7 Å². The molecule has 4 atom stereocenters. The van der Waals surface area contributed by atoms with Crippen LogP contribution in [-0.4, -0.2) is 20.3 Å². The molecule has 0 N–H and O–H groups in total. The van der Waals surface area contributed by atoms with Gasteiger partial charge in [0.2, 0.25) is 0 Å². The Morgan fingerprint density at radius 2 is 1.57 bits per heavy atom. The van der Waals surface area contributed by atoms with E-state index in [9.17, 15) is 9.00 Å². The molecule has 28 heavy (non-hydrogen) atoms. The van der Waals surface area contributed by atoms with Gasteiger partial charge in [0.15, 0.2) is 5.78 Å². The molecule has 1 saturated heterocycles. The molecule has 1 fully saturated rings. The van der Waals surface area contributed by atoms with Gasteiger partial charge >= 0.3 is 0 Å². The Kier molecular flexibility index (Phi) is 7.57. The van der Waals surface area contributed by atoms with Crippen LogP contribution in [-0.2, 0) is 15.8 Å². The average molecular weight is 398 g/mol. The summed E-state index contributed by atoms with van der Waals surface area (Å²) in [5.41, 5.74) is 2.21. The lowest BCUT2D eigenvalue weighted by atomic mass is 10.0. The predicted octanol–water partition coefficient (Wildman–Crippen LogP) is 5.76. The van der Waals surface area contributed by atoms with Gasteiger partial charge in [-0.05, 0) is 31.0 Å². The Hall–Kier alpha value is -1.78. The predicted molar refractivity (Wildman–Crippen MR) is 115 cm³/mol. The molecular formula is C24H31NO2S. The highest BCUT2D eigenvalue weighted by Crippen LogP contribution is 2.47. The third kappa shape index (κ3) is 5.18. The van der Waals surface area contributed by atoms with Crippen LogP contribution in [0.3, 0.4) is 0 Å². The van der Waals surface area contributed by atoms with Crippen LogP contribution in [0.5, 0.6) is 0 Å². The van der Waals surface area contributed by atoms with E-state index in [2.05, 4.69) is 6.92 Å². The normalized spacial score (nSPS) is 22.0. The van der Waals surface area contributed by atoms with E-state index in [1.807, 2.05) is 65.8 Å². The largest absolute Gasteiger partial charge is 0.298 e. The van der Waals surface area contributed by atoms with Gasteiger partial charge in [-0.25, -0.2) is 4.21 Å². The van der Waals surface area contributed by atoms with Crippen LogP contribution < -0.4 is 0 Å². The molecule has 2 aromatic rings. The standard InChI is InChI=1S/C24H31NO2S/c1-3-4-5-6-7-11-14-22(26)24-23(20-12-9-8-10-13-20)25(24)28(27)21-17-15-19(2)16-18-21/h8-10,12-13,15-18,23-24H,3-7,11,14H2,1-2H3. The van der Waals surface area contributed by atoms with Gasteiger partial charge in [-0.3, -0.25) is 4.79 Å². The Morgan fingerprint density at radius 1 is 0.929 bits per heavy atom. The van der Waals surface area contributed by atoms with E-state index in [0.29, 0.717) is 6.42 Å². The van der Waals surface area contributed by atoms with Crippen LogP contribution in [0, 0.1) is 6.92 Å². The van der Waals surface area contributed by atoms with Crippen molar-refractivity contribution in [3.63, 3.8) is 0 Å². The van der Waals surface area contributed by atoms with Crippen molar-refractivity contribution in [3.8, 4) is 0 Å². The maximum Gasteiger partial charge on any atom is 0.153 e. The number of ketones is 1. The molecule has 0 spiro atoms. The summed E-state index contributed by atoms with van der Waals surface area (Å²) in [7, 11) is -1.31. The Labute approximate surface area is 171 Å². The quantitative estimate of drug-likeness (QED) is 0.357. The monoisotopic (exact) mass is 397 g/mol. The summed E-state index contributed by atoms with van der Waals surface area (Å²) in [5, 5.41) is 0. The number of Topliss-reactive ketones (excluding diaryl/α,β-unsaturated/α-hetero) is 1. The first-order valence-electron chi connectivity index (χ1n) is 10.5. The molecule has 4 unspecified atom stereocenters. The average Bonchev–Trinajstić information content (AvgIpc) is 3.47. The van der Waals surface area contributed by atoms with E-state index in [0.717, 1.165) is 28.9 Å². The third-order valence-electron chi connectivity index (χ3n) is 5.42. The minimum absolute atomic E-state index is 0.0732. The van der Waals surface area contributed by atoms with E-state index in [1.165, 1.54) is 25.7 Å². The van der Waals surface area contributed by atoms with Crippen molar-refractivity contribution in [1.82, 2.24) is 4.31 Å². The lowest BCUT2D eigenvalue weighted by Crippen LogP contribution is -2.15. The SMILES string of the molecule is CCCCCCCCC(=O)C1C(c2ccccc2)N1S(=O)c1ccc(C)cc1. The van der Waals surface area contributed by atoms with Crippen molar-refractivity contribution < 1.29 is 9.00 Å². The number of hydrogen-bond acceptors (Lipinski definition) is 2. The first kappa shape index (κ1) is 20.9. The first-order valence-corrected chi connectivity index (χ1v) is 11.6. The molecule has 3 nitrogen and oxygen atoms in total. The van der Waals surface area contributed by atoms with Gasteiger partial charge in [-0.2, -0.15) is 4.31 Å². The van der Waals surface area contributed by atoms with Crippen LogP contribution in [0.2, 0.25) is 0 Å². The van der Waals surface area contributed by atoms with Crippen molar-refractivity contribution in [2.24, 2.45) is 0 Å². The second-order valence-electron chi connectivity index (χ2n) is 7.71. The summed E-state index contributed by atoms with van der Waals surface area (Å²) in [6, 6.07) is 17.4. The molecule has 2 aromatic carbocycles. The second kappa shape index (κ2) is 10.1. The maximum atomic E-state index is 13.1. The lowest BCUT2D eigenvalue weighted by molar-refractivity contribution is -0.119. The zero-order valence-corrected chi connectivity index (χ0v) is 17.8. The topological polar surface area (TPSA) is 37.1 Å². The number of unbranched alkanes of at least 4 members (excludes halogenated alkanes) is 5. The van der Waals surface area contributed by atoms with Gasteiger partial charge in [0.1, 0.15) is 17.0 Å². The van der Waals surface area contributed by atoms with E-state index in [4.69, 9.17) is 0 Å². The number of benzene rings is 2. The number of carbonyl (C=O) groups excluding carboxylic acids is 1. The van der Waals surface area contributed by atoms with E-state index >= 15 is 0 Å². The summed E-state index contributed by atoms with van der Waals surface area (Å²) < 4.78 is 15.0. The third-order valence-corrected chi connectivity index (χ3v) is 6.93. The van der Waals surface area contributed by atoms with Gasteiger partial charge < -0.3 is 0 Å². The fourth-order valence-electron chi connectivity index (χ4n) is 3.72. The van der Waals surface area contributed by atoms with Gasteiger partial charge in [0.25, 0.3) is 0 Å². The molecule has 0 amide bonds. The van der Waals surface area contributed by atoms with Gasteiger partial charge in [0, 0.05) is 6.42 Å². The van der Waals surface area contributed by atoms with E-state index in [-0.39, 0.29) is 17.9 Å². The molecule has 0 saturated carbocycles. The number of aryl methyl sites for hydroxylation is 1. The molecule has 0 radical (unpaired) electrons. The molecule has 1 heterocycles. The smallest absolute Gasteiger partial charge is 0.153 e. The summed E-state index contributed by atoms with van der Waals surface area (Å²) in [6.07, 6.45) is 7.59. The van der Waals surface area contributed by atoms with Crippen molar-refractivity contribution >= 4 is 16.8 Å². The van der Waals surface area contributed by atoms with Crippen LogP contribution in [0.1, 0.15) is 69.0 Å².